The van der Waals surface area contributed by atoms with Gasteiger partial charge in [0.05, 0.1) is 0 Å². The third-order valence-electron chi connectivity index (χ3n) is 5.07. The van der Waals surface area contributed by atoms with Gasteiger partial charge in [-0.3, -0.25) is 4.79 Å². The predicted molar refractivity (Wildman–Crippen MR) is 120 cm³/mol. The molecule has 32 heavy (non-hydrogen) atoms. The first-order valence-corrected chi connectivity index (χ1v) is 10.8. The van der Waals surface area contributed by atoms with Crippen molar-refractivity contribution in [2.24, 2.45) is 0 Å². The zero-order chi connectivity index (χ0) is 23.1. The fraction of sp³-hybridized carbons (Fsp3) is 0.400. The molecule has 3 rings (SSSR count). The van der Waals surface area contributed by atoms with Gasteiger partial charge in [-0.25, -0.2) is 9.59 Å². The minimum absolute atomic E-state index is 0.149. The molecule has 7 nitrogen and oxygen atoms in total. The molecular formula is C25H30N2O5. The monoisotopic (exact) mass is 438 g/mol. The zero-order valence-corrected chi connectivity index (χ0v) is 18.7. The van der Waals surface area contributed by atoms with E-state index in [2.05, 4.69) is 5.32 Å². The number of likely N-dealkylation sites (tertiary alicyclic amines) is 1. The van der Waals surface area contributed by atoms with Gasteiger partial charge < -0.3 is 19.7 Å². The molecular weight excluding hydrogens is 408 g/mol. The largest absolute Gasteiger partial charge is 0.459 e. The molecule has 2 atom stereocenters. The van der Waals surface area contributed by atoms with Gasteiger partial charge in [-0.1, -0.05) is 60.7 Å². The fourth-order valence-electron chi connectivity index (χ4n) is 3.62. The number of nitrogens with zero attached hydrogens (tertiary/aromatic N) is 1. The van der Waals surface area contributed by atoms with E-state index in [1.54, 1.807) is 45.0 Å². The van der Waals surface area contributed by atoms with E-state index in [9.17, 15) is 14.4 Å². The molecule has 0 radical (unpaired) electrons. The molecule has 0 aromatic heterocycles. The van der Waals surface area contributed by atoms with Crippen molar-refractivity contribution in [3.05, 3.63) is 71.8 Å². The average molecular weight is 439 g/mol. The van der Waals surface area contributed by atoms with Crippen LogP contribution < -0.4 is 5.32 Å². The van der Waals surface area contributed by atoms with Crippen LogP contribution in [0.3, 0.4) is 0 Å². The Morgan fingerprint density at radius 2 is 1.66 bits per heavy atom. The summed E-state index contributed by atoms with van der Waals surface area (Å²) in [4.78, 5) is 40.2. The Morgan fingerprint density at radius 3 is 2.28 bits per heavy atom. The van der Waals surface area contributed by atoms with Gasteiger partial charge >= 0.3 is 12.1 Å². The zero-order valence-electron chi connectivity index (χ0n) is 18.7. The van der Waals surface area contributed by atoms with Gasteiger partial charge in [0.1, 0.15) is 24.3 Å². The molecule has 1 heterocycles. The Bertz CT molecular complexity index is 924. The van der Waals surface area contributed by atoms with Crippen molar-refractivity contribution >= 4 is 18.0 Å². The molecule has 1 N–H and O–H groups in total. The highest BCUT2D eigenvalue weighted by molar-refractivity contribution is 5.91. The summed E-state index contributed by atoms with van der Waals surface area (Å²) in [7, 11) is 0. The molecule has 1 aliphatic rings. The van der Waals surface area contributed by atoms with E-state index < -0.39 is 29.7 Å². The van der Waals surface area contributed by atoms with E-state index in [1.807, 2.05) is 36.4 Å². The summed E-state index contributed by atoms with van der Waals surface area (Å²) in [5.41, 5.74) is 0.795. The lowest BCUT2D eigenvalue weighted by molar-refractivity contribution is -0.155. The van der Waals surface area contributed by atoms with Crippen molar-refractivity contribution in [1.82, 2.24) is 10.2 Å². The molecule has 170 valence electrons. The van der Waals surface area contributed by atoms with Gasteiger partial charge in [0, 0.05) is 6.54 Å². The summed E-state index contributed by atoms with van der Waals surface area (Å²) in [6.45, 7) is 5.83. The average Bonchev–Trinajstić information content (AvgIpc) is 3.25. The maximum atomic E-state index is 13.5. The Hall–Kier alpha value is -3.35. The quantitative estimate of drug-likeness (QED) is 0.690. The van der Waals surface area contributed by atoms with Crippen LogP contribution >= 0.6 is 0 Å². The molecule has 1 unspecified atom stereocenters. The highest BCUT2D eigenvalue weighted by Crippen LogP contribution is 2.25. The van der Waals surface area contributed by atoms with Crippen molar-refractivity contribution in [2.45, 2.75) is 57.9 Å². The minimum atomic E-state index is -0.964. The Labute approximate surface area is 188 Å². The van der Waals surface area contributed by atoms with E-state index in [-0.39, 0.29) is 12.5 Å². The first-order valence-electron chi connectivity index (χ1n) is 10.8. The first-order chi connectivity index (χ1) is 15.2. The van der Waals surface area contributed by atoms with E-state index in [4.69, 9.17) is 9.47 Å². The third-order valence-corrected chi connectivity index (χ3v) is 5.07. The van der Waals surface area contributed by atoms with Gasteiger partial charge in [-0.15, -0.1) is 0 Å². The number of rotatable bonds is 6. The van der Waals surface area contributed by atoms with Gasteiger partial charge in [-0.05, 0) is 44.7 Å². The molecule has 7 heteroatoms. The van der Waals surface area contributed by atoms with Crippen LogP contribution in [0, 0.1) is 0 Å². The number of carbonyl (C=O) groups excluding carboxylic acids is 3. The van der Waals surface area contributed by atoms with Crippen molar-refractivity contribution in [2.75, 3.05) is 6.54 Å². The van der Waals surface area contributed by atoms with Crippen molar-refractivity contribution in [3.63, 3.8) is 0 Å². The van der Waals surface area contributed by atoms with E-state index in [1.165, 1.54) is 4.90 Å². The predicted octanol–water partition coefficient (Wildman–Crippen LogP) is 3.99. The van der Waals surface area contributed by atoms with Crippen molar-refractivity contribution < 1.29 is 23.9 Å². The summed E-state index contributed by atoms with van der Waals surface area (Å²) >= 11 is 0. The van der Waals surface area contributed by atoms with E-state index in [0.717, 1.165) is 5.56 Å². The van der Waals surface area contributed by atoms with Crippen LogP contribution in [-0.2, 0) is 25.7 Å². The summed E-state index contributed by atoms with van der Waals surface area (Å²) in [6.07, 6.45) is 0.514. The third kappa shape index (κ3) is 6.33. The fourth-order valence-corrected chi connectivity index (χ4v) is 3.62. The summed E-state index contributed by atoms with van der Waals surface area (Å²) in [5, 5.41) is 2.68. The van der Waals surface area contributed by atoms with E-state index >= 15 is 0 Å². The number of benzene rings is 2. The number of hydrogen-bond acceptors (Lipinski definition) is 5. The molecule has 2 amide bonds. The van der Waals surface area contributed by atoms with Crippen LogP contribution in [-0.4, -0.2) is 41.1 Å². The number of alkyl carbamates (subject to hydrolysis) is 1. The summed E-state index contributed by atoms with van der Waals surface area (Å²) in [6, 6.07) is 16.7. The number of nitrogens with one attached hydrogen (secondary N) is 1. The number of esters is 1. The van der Waals surface area contributed by atoms with Crippen LogP contribution in [0.1, 0.15) is 50.8 Å². The van der Waals surface area contributed by atoms with Crippen LogP contribution in [0.25, 0.3) is 0 Å². The lowest BCUT2D eigenvalue weighted by atomic mass is 10.1. The summed E-state index contributed by atoms with van der Waals surface area (Å²) in [5.74, 6) is -0.801. The molecule has 0 spiro atoms. The molecule has 0 aliphatic carbocycles. The van der Waals surface area contributed by atoms with E-state index in [0.29, 0.717) is 24.9 Å². The second-order valence-corrected chi connectivity index (χ2v) is 8.77. The van der Waals surface area contributed by atoms with Gasteiger partial charge in [0.25, 0.3) is 5.91 Å². The minimum Gasteiger partial charge on any atom is -0.459 e. The smallest absolute Gasteiger partial charge is 0.408 e. The van der Waals surface area contributed by atoms with Crippen molar-refractivity contribution in [3.8, 4) is 0 Å². The highest BCUT2D eigenvalue weighted by atomic mass is 16.6. The van der Waals surface area contributed by atoms with Gasteiger partial charge in [0.15, 0.2) is 0 Å². The molecule has 0 bridgehead atoms. The van der Waals surface area contributed by atoms with Crippen molar-refractivity contribution in [1.29, 1.82) is 0 Å². The molecule has 0 saturated carbocycles. The molecule has 1 fully saturated rings. The molecule has 2 aromatic carbocycles. The number of hydrogen-bond donors (Lipinski definition) is 1. The lowest BCUT2D eigenvalue weighted by Gasteiger charge is -2.29. The summed E-state index contributed by atoms with van der Waals surface area (Å²) < 4.78 is 10.8. The normalized spacial score (nSPS) is 16.8. The maximum Gasteiger partial charge on any atom is 0.408 e. The van der Waals surface area contributed by atoms with Crippen LogP contribution in [0.5, 0.6) is 0 Å². The first kappa shape index (κ1) is 23.3. The number of carbonyl (C=O) groups is 3. The van der Waals surface area contributed by atoms with Crippen LogP contribution in [0.15, 0.2) is 60.7 Å². The van der Waals surface area contributed by atoms with Gasteiger partial charge in [0.2, 0.25) is 0 Å². The van der Waals surface area contributed by atoms with Crippen LogP contribution in [0.4, 0.5) is 4.79 Å². The highest BCUT2D eigenvalue weighted by Gasteiger charge is 2.39. The Morgan fingerprint density at radius 1 is 1.03 bits per heavy atom. The second-order valence-electron chi connectivity index (χ2n) is 8.77. The standard InChI is InChI=1S/C25H30N2O5/c1-25(2,3)32-24(30)26-21(19-13-8-5-9-14-19)22(28)27-16-10-15-20(27)23(29)31-17-18-11-6-4-7-12-18/h4-9,11-14,20-21H,10,15-17H2,1-3H3,(H,26,30)/t20-,21?/m0/s1. The second kappa shape index (κ2) is 10.3. The topological polar surface area (TPSA) is 84.9 Å². The van der Waals surface area contributed by atoms with Crippen LogP contribution in [0.2, 0.25) is 0 Å². The lowest BCUT2D eigenvalue weighted by Crippen LogP contribution is -2.48. The molecule has 1 saturated heterocycles. The molecule has 2 aromatic rings. The Balaban J connectivity index is 1.73. The van der Waals surface area contributed by atoms with Gasteiger partial charge in [-0.2, -0.15) is 0 Å². The number of ether oxygens (including phenoxy) is 2. The maximum absolute atomic E-state index is 13.5. The Kier molecular flexibility index (Phi) is 7.51. The SMILES string of the molecule is CC(C)(C)OC(=O)NC(C(=O)N1CCC[C@H]1C(=O)OCc1ccccc1)c1ccccc1. The number of amides is 2. The molecule has 1 aliphatic heterocycles.